The molecule has 0 saturated heterocycles. The molecule has 0 spiro atoms. The normalized spacial score (nSPS) is 9.31. The molecule has 0 radical (unpaired) electrons. The van der Waals surface area contributed by atoms with Gasteiger partial charge in [-0.25, -0.2) is 4.79 Å². The SMILES string of the molecule is CCNC(=O)OCCCCCC=S. The van der Waals surface area contributed by atoms with Gasteiger partial charge in [0, 0.05) is 6.54 Å². The predicted molar refractivity (Wildman–Crippen MR) is 57.1 cm³/mol. The quantitative estimate of drug-likeness (QED) is 0.509. The average Bonchev–Trinajstić information content (AvgIpc) is 2.11. The molecule has 0 rings (SSSR count). The van der Waals surface area contributed by atoms with Crippen LogP contribution in [0, 0.1) is 0 Å². The van der Waals surface area contributed by atoms with E-state index >= 15 is 0 Å². The van der Waals surface area contributed by atoms with Gasteiger partial charge in [0.05, 0.1) is 6.61 Å². The zero-order valence-corrected chi connectivity index (χ0v) is 8.86. The second-order valence-corrected chi connectivity index (χ2v) is 3.02. The molecule has 4 heteroatoms. The monoisotopic (exact) mass is 203 g/mol. The minimum Gasteiger partial charge on any atom is -0.450 e. The molecule has 1 amide bonds. The molecule has 0 saturated carbocycles. The van der Waals surface area contributed by atoms with Crippen molar-refractivity contribution in [3.63, 3.8) is 0 Å². The van der Waals surface area contributed by atoms with Gasteiger partial charge in [0.25, 0.3) is 0 Å². The molecule has 0 unspecified atom stereocenters. The summed E-state index contributed by atoms with van der Waals surface area (Å²) in [7, 11) is 0. The molecule has 76 valence electrons. The van der Waals surface area contributed by atoms with Gasteiger partial charge in [0.1, 0.15) is 0 Å². The number of hydrogen-bond acceptors (Lipinski definition) is 3. The molecule has 0 fully saturated rings. The van der Waals surface area contributed by atoms with Gasteiger partial charge in [-0.05, 0) is 38.0 Å². The summed E-state index contributed by atoms with van der Waals surface area (Å²) >= 11 is 4.69. The number of ether oxygens (including phenoxy) is 1. The van der Waals surface area contributed by atoms with Crippen molar-refractivity contribution in [1.29, 1.82) is 0 Å². The zero-order chi connectivity index (χ0) is 9.94. The highest BCUT2D eigenvalue weighted by molar-refractivity contribution is 7.78. The molecule has 13 heavy (non-hydrogen) atoms. The van der Waals surface area contributed by atoms with Crippen molar-refractivity contribution in [2.45, 2.75) is 32.6 Å². The van der Waals surface area contributed by atoms with E-state index in [1.165, 1.54) is 0 Å². The summed E-state index contributed by atoms with van der Waals surface area (Å²) in [5, 5.41) is 4.30. The third-order valence-electron chi connectivity index (χ3n) is 1.52. The second-order valence-electron chi connectivity index (χ2n) is 2.68. The Bertz CT molecular complexity index is 151. The Balaban J connectivity index is 3.06. The highest BCUT2D eigenvalue weighted by atomic mass is 32.1. The van der Waals surface area contributed by atoms with Crippen molar-refractivity contribution in [3.8, 4) is 0 Å². The lowest BCUT2D eigenvalue weighted by molar-refractivity contribution is 0.144. The lowest BCUT2D eigenvalue weighted by Gasteiger charge is -2.03. The number of thiocarbonyl (C=S) groups is 1. The fourth-order valence-corrected chi connectivity index (χ4v) is 1.03. The summed E-state index contributed by atoms with van der Waals surface area (Å²) in [5.74, 6) is 0. The van der Waals surface area contributed by atoms with E-state index in [9.17, 15) is 4.79 Å². The molecular formula is C9H17NO2S. The molecular weight excluding hydrogens is 186 g/mol. The Hall–Kier alpha value is -0.640. The van der Waals surface area contributed by atoms with Gasteiger partial charge in [0.15, 0.2) is 0 Å². The Morgan fingerprint density at radius 2 is 2.23 bits per heavy atom. The van der Waals surface area contributed by atoms with E-state index in [0.717, 1.165) is 25.7 Å². The average molecular weight is 203 g/mol. The van der Waals surface area contributed by atoms with Gasteiger partial charge in [-0.15, -0.1) is 0 Å². The summed E-state index contributed by atoms with van der Waals surface area (Å²) in [6.07, 6.45) is 3.71. The van der Waals surface area contributed by atoms with Crippen molar-refractivity contribution in [1.82, 2.24) is 5.32 Å². The van der Waals surface area contributed by atoms with Crippen molar-refractivity contribution in [2.75, 3.05) is 13.2 Å². The van der Waals surface area contributed by atoms with Crippen LogP contribution >= 0.6 is 12.2 Å². The summed E-state index contributed by atoms with van der Waals surface area (Å²) in [5.41, 5.74) is 0. The van der Waals surface area contributed by atoms with Crippen LogP contribution in [0.1, 0.15) is 32.6 Å². The molecule has 0 bridgehead atoms. The third kappa shape index (κ3) is 9.27. The van der Waals surface area contributed by atoms with Crippen LogP contribution in [-0.2, 0) is 4.74 Å². The first-order valence-electron chi connectivity index (χ1n) is 4.65. The number of nitrogens with one attached hydrogen (secondary N) is 1. The number of hydrogen-bond donors (Lipinski definition) is 1. The third-order valence-corrected chi connectivity index (χ3v) is 1.76. The number of carbonyl (C=O) groups is 1. The highest BCUT2D eigenvalue weighted by Crippen LogP contribution is 1.98. The van der Waals surface area contributed by atoms with Crippen LogP contribution in [-0.4, -0.2) is 24.6 Å². The fraction of sp³-hybridized carbons (Fsp3) is 0.778. The lowest BCUT2D eigenvalue weighted by atomic mass is 10.2. The van der Waals surface area contributed by atoms with Crippen molar-refractivity contribution < 1.29 is 9.53 Å². The van der Waals surface area contributed by atoms with Crippen LogP contribution in [0.15, 0.2) is 0 Å². The number of alkyl carbamates (subject to hydrolysis) is 1. The Morgan fingerprint density at radius 3 is 2.85 bits per heavy atom. The van der Waals surface area contributed by atoms with Gasteiger partial charge in [-0.2, -0.15) is 0 Å². The summed E-state index contributed by atoms with van der Waals surface area (Å²) < 4.78 is 4.88. The fourth-order valence-electron chi connectivity index (χ4n) is 0.867. The maximum Gasteiger partial charge on any atom is 0.407 e. The lowest BCUT2D eigenvalue weighted by Crippen LogP contribution is -2.23. The number of amides is 1. The number of carbonyl (C=O) groups excluding carboxylic acids is 1. The van der Waals surface area contributed by atoms with E-state index in [1.807, 2.05) is 6.92 Å². The first kappa shape index (κ1) is 12.4. The predicted octanol–water partition coefficient (Wildman–Crippen LogP) is 2.29. The topological polar surface area (TPSA) is 38.3 Å². The molecule has 3 nitrogen and oxygen atoms in total. The highest BCUT2D eigenvalue weighted by Gasteiger charge is 1.97. The Kier molecular flexibility index (Phi) is 8.98. The van der Waals surface area contributed by atoms with Crippen LogP contribution in [0.4, 0.5) is 4.79 Å². The molecule has 0 heterocycles. The van der Waals surface area contributed by atoms with E-state index in [1.54, 1.807) is 5.37 Å². The van der Waals surface area contributed by atoms with Crippen LogP contribution in [0.5, 0.6) is 0 Å². The Morgan fingerprint density at radius 1 is 1.46 bits per heavy atom. The number of unbranched alkanes of at least 4 members (excludes halogenated alkanes) is 3. The molecule has 1 N–H and O–H groups in total. The van der Waals surface area contributed by atoms with Crippen molar-refractivity contribution >= 4 is 23.7 Å². The van der Waals surface area contributed by atoms with Crippen LogP contribution in [0.3, 0.4) is 0 Å². The molecule has 0 aromatic heterocycles. The first-order valence-corrected chi connectivity index (χ1v) is 5.12. The van der Waals surface area contributed by atoms with Gasteiger partial charge in [0.2, 0.25) is 0 Å². The Labute approximate surface area is 84.8 Å². The van der Waals surface area contributed by atoms with Crippen LogP contribution in [0.25, 0.3) is 0 Å². The standard InChI is InChI=1S/C9H17NO2S/c1-2-10-9(11)12-7-5-3-4-6-8-13/h8H,2-7H2,1H3,(H,10,11). The molecule has 0 aliphatic rings. The molecule has 0 aliphatic carbocycles. The van der Waals surface area contributed by atoms with Gasteiger partial charge < -0.3 is 10.1 Å². The van der Waals surface area contributed by atoms with Gasteiger partial charge >= 0.3 is 6.09 Å². The minimum absolute atomic E-state index is 0.322. The zero-order valence-electron chi connectivity index (χ0n) is 8.04. The van der Waals surface area contributed by atoms with E-state index in [0.29, 0.717) is 13.2 Å². The van der Waals surface area contributed by atoms with Crippen molar-refractivity contribution in [2.24, 2.45) is 0 Å². The smallest absolute Gasteiger partial charge is 0.407 e. The molecule has 0 aromatic rings. The van der Waals surface area contributed by atoms with Gasteiger partial charge in [-0.1, -0.05) is 12.2 Å². The van der Waals surface area contributed by atoms with E-state index in [2.05, 4.69) is 17.5 Å². The first-order chi connectivity index (χ1) is 6.31. The number of rotatable bonds is 7. The molecule has 0 aliphatic heterocycles. The van der Waals surface area contributed by atoms with Gasteiger partial charge in [-0.3, -0.25) is 0 Å². The minimum atomic E-state index is -0.322. The molecule has 0 aromatic carbocycles. The summed E-state index contributed by atoms with van der Waals surface area (Å²) in [6.45, 7) is 2.98. The second kappa shape index (κ2) is 9.45. The maximum absolute atomic E-state index is 10.8. The molecule has 0 atom stereocenters. The largest absolute Gasteiger partial charge is 0.450 e. The van der Waals surface area contributed by atoms with Crippen LogP contribution in [0.2, 0.25) is 0 Å². The maximum atomic E-state index is 10.8. The van der Waals surface area contributed by atoms with E-state index < -0.39 is 0 Å². The summed E-state index contributed by atoms with van der Waals surface area (Å²) in [4.78, 5) is 10.8. The van der Waals surface area contributed by atoms with E-state index in [4.69, 9.17) is 4.74 Å². The van der Waals surface area contributed by atoms with Crippen molar-refractivity contribution in [3.05, 3.63) is 0 Å². The van der Waals surface area contributed by atoms with E-state index in [-0.39, 0.29) is 6.09 Å². The summed E-state index contributed by atoms with van der Waals surface area (Å²) in [6, 6.07) is 0. The van der Waals surface area contributed by atoms with Crippen LogP contribution < -0.4 is 5.32 Å².